The summed E-state index contributed by atoms with van der Waals surface area (Å²) in [5, 5.41) is 3.05. The summed E-state index contributed by atoms with van der Waals surface area (Å²) >= 11 is 3.91. The Hall–Kier alpha value is -1.90. The minimum atomic E-state index is 1.09. The Morgan fingerprint density at radius 2 is 1.08 bits per heavy atom. The smallest absolute Gasteiger partial charge is 0.0387 e. The van der Waals surface area contributed by atoms with Crippen LogP contribution in [0.15, 0.2) is 36.4 Å². The van der Waals surface area contributed by atoms with Crippen molar-refractivity contribution in [3.63, 3.8) is 0 Å². The van der Waals surface area contributed by atoms with E-state index >= 15 is 0 Å². The van der Waals surface area contributed by atoms with Gasteiger partial charge in [-0.1, -0.05) is 24.3 Å². The van der Waals surface area contributed by atoms with Crippen molar-refractivity contribution in [2.45, 2.75) is 26.7 Å². The standard InChI is InChI=1S/C22H16S2/c1-11-7-15-9-13-4-6-18-20-14(10-16-8-12(2)24-22(16)18)3-5-17(19(13)20)21(15)23-11/h3-8H,9-10H2,1-2H3. The SMILES string of the molecule is Cc1cc2c(s1)-c1ccc3c4c(ccc(c14)C2)-c1sc(C)cc1C3. The molecule has 0 fully saturated rings. The summed E-state index contributed by atoms with van der Waals surface area (Å²) in [5.41, 5.74) is 8.96. The molecule has 0 spiro atoms. The lowest BCUT2D eigenvalue weighted by molar-refractivity contribution is 1.19. The maximum absolute atomic E-state index is 2.38. The van der Waals surface area contributed by atoms with Crippen LogP contribution in [0.2, 0.25) is 0 Å². The number of hydrogen-bond acceptors (Lipinski definition) is 2. The van der Waals surface area contributed by atoms with Gasteiger partial charge >= 0.3 is 0 Å². The van der Waals surface area contributed by atoms with Crippen LogP contribution in [0, 0.1) is 13.8 Å². The zero-order valence-corrected chi connectivity index (χ0v) is 15.3. The molecule has 0 amide bonds. The molecule has 4 aromatic rings. The Morgan fingerprint density at radius 1 is 0.625 bits per heavy atom. The van der Waals surface area contributed by atoms with Gasteiger partial charge in [0.25, 0.3) is 0 Å². The van der Waals surface area contributed by atoms with Gasteiger partial charge < -0.3 is 0 Å². The zero-order chi connectivity index (χ0) is 16.0. The molecule has 0 aliphatic heterocycles. The highest BCUT2D eigenvalue weighted by Crippen LogP contribution is 2.50. The fourth-order valence-electron chi connectivity index (χ4n) is 4.57. The van der Waals surface area contributed by atoms with E-state index in [2.05, 4.69) is 50.2 Å². The van der Waals surface area contributed by atoms with Gasteiger partial charge in [-0.15, -0.1) is 22.7 Å². The lowest BCUT2D eigenvalue weighted by Crippen LogP contribution is -2.04. The first kappa shape index (κ1) is 13.4. The monoisotopic (exact) mass is 344 g/mol. The lowest BCUT2D eigenvalue weighted by atomic mass is 9.80. The van der Waals surface area contributed by atoms with Crippen molar-refractivity contribution in [1.29, 1.82) is 0 Å². The van der Waals surface area contributed by atoms with E-state index in [-0.39, 0.29) is 0 Å². The van der Waals surface area contributed by atoms with Crippen molar-refractivity contribution in [3.8, 4) is 20.9 Å². The lowest BCUT2D eigenvalue weighted by Gasteiger charge is -2.24. The van der Waals surface area contributed by atoms with Gasteiger partial charge in [-0.3, -0.25) is 0 Å². The van der Waals surface area contributed by atoms with E-state index in [0.29, 0.717) is 0 Å². The Bertz CT molecular complexity index is 1080. The number of thiophene rings is 2. The predicted molar refractivity (Wildman–Crippen MR) is 106 cm³/mol. The highest BCUT2D eigenvalue weighted by Gasteiger charge is 2.27. The second-order valence-electron chi connectivity index (χ2n) is 7.07. The first-order chi connectivity index (χ1) is 11.7. The Kier molecular flexibility index (Phi) is 2.45. The van der Waals surface area contributed by atoms with Crippen LogP contribution in [0.3, 0.4) is 0 Å². The van der Waals surface area contributed by atoms with Crippen LogP contribution in [0.25, 0.3) is 31.7 Å². The minimum absolute atomic E-state index is 1.09. The Balaban J connectivity index is 1.78. The summed E-state index contributed by atoms with van der Waals surface area (Å²) in [5.74, 6) is 0. The van der Waals surface area contributed by atoms with E-state index in [1.165, 1.54) is 63.7 Å². The Labute approximate surface area is 149 Å². The topological polar surface area (TPSA) is 0 Å². The third kappa shape index (κ3) is 1.58. The van der Waals surface area contributed by atoms with Gasteiger partial charge in [0.1, 0.15) is 0 Å². The van der Waals surface area contributed by atoms with Crippen molar-refractivity contribution in [2.24, 2.45) is 0 Å². The zero-order valence-electron chi connectivity index (χ0n) is 13.7. The van der Waals surface area contributed by atoms with Crippen molar-refractivity contribution >= 4 is 33.4 Å². The molecule has 2 heteroatoms. The van der Waals surface area contributed by atoms with Crippen molar-refractivity contribution in [3.05, 3.63) is 68.4 Å². The van der Waals surface area contributed by atoms with Crippen LogP contribution in [-0.2, 0) is 12.8 Å². The molecule has 2 aromatic carbocycles. The predicted octanol–water partition coefficient (Wildman–Crippen LogP) is 6.72. The second kappa shape index (κ2) is 4.38. The maximum Gasteiger partial charge on any atom is 0.0387 e. The number of benzene rings is 2. The molecule has 6 rings (SSSR count). The van der Waals surface area contributed by atoms with E-state index in [4.69, 9.17) is 0 Å². The highest BCUT2D eigenvalue weighted by atomic mass is 32.1. The molecule has 0 bridgehead atoms. The molecule has 0 unspecified atom stereocenters. The van der Waals surface area contributed by atoms with Gasteiger partial charge in [0, 0.05) is 30.6 Å². The first-order valence-corrected chi connectivity index (χ1v) is 10.1. The number of aryl methyl sites for hydroxylation is 2. The summed E-state index contributed by atoms with van der Waals surface area (Å²) in [4.78, 5) is 5.84. The van der Waals surface area contributed by atoms with E-state index < -0.39 is 0 Å². The largest absolute Gasteiger partial charge is 0.140 e. The summed E-state index contributed by atoms with van der Waals surface area (Å²) < 4.78 is 0. The van der Waals surface area contributed by atoms with Gasteiger partial charge in [-0.05, 0) is 71.8 Å². The molecule has 0 saturated carbocycles. The maximum atomic E-state index is 2.38. The molecule has 0 saturated heterocycles. The Morgan fingerprint density at radius 3 is 1.54 bits per heavy atom. The third-order valence-corrected chi connectivity index (χ3v) is 7.70. The molecule has 2 aliphatic rings. The average Bonchev–Trinajstić information content (AvgIpc) is 3.12. The van der Waals surface area contributed by atoms with Gasteiger partial charge in [0.15, 0.2) is 0 Å². The van der Waals surface area contributed by atoms with E-state index in [0.717, 1.165) is 12.8 Å². The van der Waals surface area contributed by atoms with Crippen LogP contribution >= 0.6 is 22.7 Å². The fraction of sp³-hybridized carbons (Fsp3) is 0.182. The number of fused-ring (bicyclic) bond motifs is 4. The molecule has 24 heavy (non-hydrogen) atoms. The molecule has 0 radical (unpaired) electrons. The molecular weight excluding hydrogens is 328 g/mol. The van der Waals surface area contributed by atoms with E-state index in [1.54, 1.807) is 0 Å². The molecule has 2 aromatic heterocycles. The van der Waals surface area contributed by atoms with Gasteiger partial charge in [0.05, 0.1) is 0 Å². The second-order valence-corrected chi connectivity index (χ2v) is 9.58. The molecular formula is C22H16S2. The first-order valence-electron chi connectivity index (χ1n) is 8.46. The van der Waals surface area contributed by atoms with Crippen LogP contribution in [0.1, 0.15) is 32.0 Å². The highest BCUT2D eigenvalue weighted by molar-refractivity contribution is 7.16. The van der Waals surface area contributed by atoms with Crippen LogP contribution in [-0.4, -0.2) is 0 Å². The van der Waals surface area contributed by atoms with Crippen molar-refractivity contribution in [1.82, 2.24) is 0 Å². The summed E-state index contributed by atoms with van der Waals surface area (Å²) in [6, 6.07) is 14.3. The van der Waals surface area contributed by atoms with Gasteiger partial charge in [-0.25, -0.2) is 0 Å². The van der Waals surface area contributed by atoms with Gasteiger partial charge in [-0.2, -0.15) is 0 Å². The number of hydrogen-bond donors (Lipinski definition) is 0. The number of rotatable bonds is 0. The van der Waals surface area contributed by atoms with Crippen LogP contribution < -0.4 is 0 Å². The minimum Gasteiger partial charge on any atom is -0.140 e. The van der Waals surface area contributed by atoms with E-state index in [1.807, 2.05) is 22.7 Å². The van der Waals surface area contributed by atoms with Crippen LogP contribution in [0.4, 0.5) is 0 Å². The average molecular weight is 345 g/mol. The van der Waals surface area contributed by atoms with Crippen molar-refractivity contribution in [2.75, 3.05) is 0 Å². The third-order valence-electron chi connectivity index (χ3n) is 5.45. The molecule has 116 valence electrons. The molecule has 0 atom stereocenters. The normalized spacial score (nSPS) is 13.9. The van der Waals surface area contributed by atoms with Crippen molar-refractivity contribution < 1.29 is 0 Å². The summed E-state index contributed by atoms with van der Waals surface area (Å²) in [6.45, 7) is 4.46. The molecule has 2 heterocycles. The van der Waals surface area contributed by atoms with Crippen LogP contribution in [0.5, 0.6) is 0 Å². The fourth-order valence-corrected chi connectivity index (χ4v) is 6.70. The molecule has 2 aliphatic carbocycles. The quantitative estimate of drug-likeness (QED) is 0.287. The van der Waals surface area contributed by atoms with E-state index in [9.17, 15) is 0 Å². The summed E-state index contributed by atoms with van der Waals surface area (Å²) in [6.07, 6.45) is 2.17. The van der Waals surface area contributed by atoms with Gasteiger partial charge in [0.2, 0.25) is 0 Å². The molecule has 0 nitrogen and oxygen atoms in total. The molecule has 0 N–H and O–H groups in total. The summed E-state index contributed by atoms with van der Waals surface area (Å²) in [7, 11) is 0.